The number of piperidine rings is 1. The first-order valence-corrected chi connectivity index (χ1v) is 8.87. The second kappa shape index (κ2) is 5.69. The molecule has 2 heterocycles. The van der Waals surface area contributed by atoms with Gasteiger partial charge in [-0.2, -0.15) is 0 Å². The standard InChI is InChI=1S/C19H26N2O/c22-18-11-6-12-19(20-18)14-21(16-9-4-5-10-16)13-17(19)15-7-2-1-3-8-15/h1-3,7-8,16-17H,4-6,9-14H2,(H,20,22)/t17-,19+/m0/s1. The molecular weight excluding hydrogens is 272 g/mol. The Hall–Kier alpha value is -1.35. The van der Waals surface area contributed by atoms with E-state index in [1.165, 1.54) is 31.2 Å². The number of carbonyl (C=O) groups is 1. The van der Waals surface area contributed by atoms with E-state index in [0.717, 1.165) is 32.0 Å². The van der Waals surface area contributed by atoms with Crippen molar-refractivity contribution in [2.24, 2.45) is 0 Å². The number of hydrogen-bond acceptors (Lipinski definition) is 2. The van der Waals surface area contributed by atoms with Crippen LogP contribution in [0.3, 0.4) is 0 Å². The summed E-state index contributed by atoms with van der Waals surface area (Å²) in [6, 6.07) is 11.6. The van der Waals surface area contributed by atoms with Crippen molar-refractivity contribution in [3.63, 3.8) is 0 Å². The van der Waals surface area contributed by atoms with Gasteiger partial charge in [-0.15, -0.1) is 0 Å². The lowest BCUT2D eigenvalue weighted by Crippen LogP contribution is -2.56. The number of nitrogens with zero attached hydrogens (tertiary/aromatic N) is 1. The Kier molecular flexibility index (Phi) is 3.69. The van der Waals surface area contributed by atoms with Crippen LogP contribution in [0, 0.1) is 0 Å². The van der Waals surface area contributed by atoms with Gasteiger partial charge in [0.1, 0.15) is 0 Å². The van der Waals surface area contributed by atoms with Gasteiger partial charge in [0.05, 0.1) is 5.54 Å². The van der Waals surface area contributed by atoms with Gasteiger partial charge in [-0.25, -0.2) is 0 Å². The third-order valence-electron chi connectivity index (χ3n) is 6.03. The average molecular weight is 298 g/mol. The molecule has 1 spiro atoms. The van der Waals surface area contributed by atoms with E-state index in [0.29, 0.717) is 12.3 Å². The average Bonchev–Trinajstić information content (AvgIpc) is 3.16. The molecule has 1 N–H and O–H groups in total. The smallest absolute Gasteiger partial charge is 0.220 e. The van der Waals surface area contributed by atoms with Crippen molar-refractivity contribution in [3.05, 3.63) is 35.9 Å². The molecule has 3 fully saturated rings. The van der Waals surface area contributed by atoms with Crippen LogP contribution >= 0.6 is 0 Å². The van der Waals surface area contributed by atoms with E-state index in [1.807, 2.05) is 0 Å². The van der Waals surface area contributed by atoms with Gasteiger partial charge in [0.2, 0.25) is 5.91 Å². The summed E-state index contributed by atoms with van der Waals surface area (Å²) in [6.07, 6.45) is 8.28. The summed E-state index contributed by atoms with van der Waals surface area (Å²) in [7, 11) is 0. The van der Waals surface area contributed by atoms with Gasteiger partial charge >= 0.3 is 0 Å². The molecule has 1 aliphatic carbocycles. The fourth-order valence-corrected chi connectivity index (χ4v) is 4.95. The summed E-state index contributed by atoms with van der Waals surface area (Å²) < 4.78 is 0. The van der Waals surface area contributed by atoms with Gasteiger partial charge in [0.25, 0.3) is 0 Å². The van der Waals surface area contributed by atoms with Crippen molar-refractivity contribution < 1.29 is 4.79 Å². The molecule has 22 heavy (non-hydrogen) atoms. The predicted octanol–water partition coefficient (Wildman–Crippen LogP) is 3.07. The van der Waals surface area contributed by atoms with E-state index in [4.69, 9.17) is 0 Å². The third-order valence-corrected chi connectivity index (χ3v) is 6.03. The topological polar surface area (TPSA) is 32.3 Å². The molecule has 0 aromatic heterocycles. The summed E-state index contributed by atoms with van der Waals surface area (Å²) >= 11 is 0. The number of rotatable bonds is 2. The minimum absolute atomic E-state index is 0.0285. The maximum atomic E-state index is 12.1. The normalized spacial score (nSPS) is 33.5. The SMILES string of the molecule is O=C1CCC[C@]2(CN(C3CCCC3)C[C@H]2c2ccccc2)N1. The van der Waals surface area contributed by atoms with Gasteiger partial charge < -0.3 is 5.32 Å². The quantitative estimate of drug-likeness (QED) is 0.910. The van der Waals surface area contributed by atoms with Crippen LogP contribution in [0.15, 0.2) is 30.3 Å². The highest BCUT2D eigenvalue weighted by atomic mass is 16.1. The maximum absolute atomic E-state index is 12.1. The fourth-order valence-electron chi connectivity index (χ4n) is 4.95. The Labute approximate surface area is 133 Å². The highest BCUT2D eigenvalue weighted by Crippen LogP contribution is 2.43. The molecule has 1 aromatic rings. The van der Waals surface area contributed by atoms with Crippen LogP contribution in [0.25, 0.3) is 0 Å². The van der Waals surface area contributed by atoms with Crippen LogP contribution in [-0.4, -0.2) is 35.5 Å². The third kappa shape index (κ3) is 2.45. The van der Waals surface area contributed by atoms with Crippen LogP contribution in [0.5, 0.6) is 0 Å². The van der Waals surface area contributed by atoms with Crippen LogP contribution < -0.4 is 5.32 Å². The molecule has 0 radical (unpaired) electrons. The molecule has 0 unspecified atom stereocenters. The number of likely N-dealkylation sites (tertiary alicyclic amines) is 1. The van der Waals surface area contributed by atoms with Gasteiger partial charge in [0.15, 0.2) is 0 Å². The minimum Gasteiger partial charge on any atom is -0.349 e. The molecule has 3 heteroatoms. The molecule has 4 rings (SSSR count). The van der Waals surface area contributed by atoms with Gasteiger partial charge in [-0.1, -0.05) is 43.2 Å². The summed E-state index contributed by atoms with van der Waals surface area (Å²) in [5.74, 6) is 0.694. The maximum Gasteiger partial charge on any atom is 0.220 e. The molecule has 1 saturated carbocycles. The van der Waals surface area contributed by atoms with Crippen molar-refractivity contribution in [3.8, 4) is 0 Å². The first-order chi connectivity index (χ1) is 10.8. The van der Waals surface area contributed by atoms with Crippen LogP contribution in [-0.2, 0) is 4.79 Å². The Morgan fingerprint density at radius 3 is 2.59 bits per heavy atom. The second-order valence-electron chi connectivity index (χ2n) is 7.39. The molecular formula is C19H26N2O. The molecule has 0 bridgehead atoms. The molecule has 2 saturated heterocycles. The number of nitrogens with one attached hydrogen (secondary N) is 1. The highest BCUT2D eigenvalue weighted by Gasteiger charge is 2.50. The number of amides is 1. The van der Waals surface area contributed by atoms with Crippen LogP contribution in [0.1, 0.15) is 56.4 Å². The van der Waals surface area contributed by atoms with Crippen molar-refractivity contribution in [2.75, 3.05) is 13.1 Å². The van der Waals surface area contributed by atoms with Crippen LogP contribution in [0.4, 0.5) is 0 Å². The molecule has 118 valence electrons. The fraction of sp³-hybridized carbons (Fsp3) is 0.632. The first kappa shape index (κ1) is 14.3. The lowest BCUT2D eigenvalue weighted by Gasteiger charge is -2.39. The van der Waals surface area contributed by atoms with Crippen molar-refractivity contribution in [2.45, 2.75) is 62.4 Å². The van der Waals surface area contributed by atoms with E-state index in [1.54, 1.807) is 0 Å². The summed E-state index contributed by atoms with van der Waals surface area (Å²) in [4.78, 5) is 14.8. The molecule has 2 atom stereocenters. The Bertz CT molecular complexity index is 538. The monoisotopic (exact) mass is 298 g/mol. The lowest BCUT2D eigenvalue weighted by atomic mass is 9.76. The van der Waals surface area contributed by atoms with E-state index in [2.05, 4.69) is 40.5 Å². The molecule has 2 aliphatic heterocycles. The number of carbonyl (C=O) groups excluding carboxylic acids is 1. The van der Waals surface area contributed by atoms with Crippen LogP contribution in [0.2, 0.25) is 0 Å². The van der Waals surface area contributed by atoms with E-state index < -0.39 is 0 Å². The Balaban J connectivity index is 1.64. The van der Waals surface area contributed by atoms with E-state index >= 15 is 0 Å². The van der Waals surface area contributed by atoms with Gasteiger partial charge in [-0.3, -0.25) is 9.69 Å². The molecule has 3 aliphatic rings. The first-order valence-electron chi connectivity index (χ1n) is 8.87. The number of hydrogen-bond donors (Lipinski definition) is 1. The zero-order chi connectivity index (χ0) is 15.0. The Morgan fingerprint density at radius 2 is 1.86 bits per heavy atom. The molecule has 1 amide bonds. The van der Waals surface area contributed by atoms with Gasteiger partial charge in [0, 0.05) is 31.5 Å². The second-order valence-corrected chi connectivity index (χ2v) is 7.39. The molecule has 3 nitrogen and oxygen atoms in total. The summed E-state index contributed by atoms with van der Waals surface area (Å²) in [5, 5.41) is 3.41. The highest BCUT2D eigenvalue weighted by molar-refractivity contribution is 5.78. The van der Waals surface area contributed by atoms with Gasteiger partial charge in [-0.05, 0) is 31.2 Å². The summed E-state index contributed by atoms with van der Waals surface area (Å²) in [6.45, 7) is 2.15. The van der Waals surface area contributed by atoms with E-state index in [9.17, 15) is 4.79 Å². The largest absolute Gasteiger partial charge is 0.349 e. The minimum atomic E-state index is -0.0285. The van der Waals surface area contributed by atoms with Crippen molar-refractivity contribution >= 4 is 5.91 Å². The number of benzene rings is 1. The predicted molar refractivity (Wildman–Crippen MR) is 87.7 cm³/mol. The zero-order valence-corrected chi connectivity index (χ0v) is 13.3. The van der Waals surface area contributed by atoms with Crippen molar-refractivity contribution in [1.29, 1.82) is 0 Å². The Morgan fingerprint density at radius 1 is 1.09 bits per heavy atom. The molecule has 1 aromatic carbocycles. The summed E-state index contributed by atoms with van der Waals surface area (Å²) in [5.41, 5.74) is 1.37. The zero-order valence-electron chi connectivity index (χ0n) is 13.3. The van der Waals surface area contributed by atoms with E-state index in [-0.39, 0.29) is 11.4 Å². The van der Waals surface area contributed by atoms with Crippen molar-refractivity contribution in [1.82, 2.24) is 10.2 Å². The lowest BCUT2D eigenvalue weighted by molar-refractivity contribution is -0.125.